The highest BCUT2D eigenvalue weighted by molar-refractivity contribution is 8.26. The average Bonchev–Trinajstić information content (AvgIpc) is 3.38. The molecule has 3 fully saturated rings. The molecule has 31 heavy (non-hydrogen) atoms. The van der Waals surface area contributed by atoms with Crippen LogP contribution in [-0.4, -0.2) is 52.0 Å². The van der Waals surface area contributed by atoms with Crippen molar-refractivity contribution in [3.8, 4) is 6.07 Å². The average molecular weight is 459 g/mol. The van der Waals surface area contributed by atoms with E-state index in [0.717, 1.165) is 37.1 Å². The molecule has 3 heterocycles. The van der Waals surface area contributed by atoms with E-state index >= 15 is 0 Å². The molecule has 2 saturated heterocycles. The molecular weight excluding hydrogens is 432 g/mol. The van der Waals surface area contributed by atoms with Crippen LogP contribution < -0.4 is 10.5 Å². The van der Waals surface area contributed by atoms with Crippen LogP contribution in [0, 0.1) is 18.3 Å². The highest BCUT2D eigenvalue weighted by Gasteiger charge is 2.38. The Hall–Kier alpha value is -2.15. The van der Waals surface area contributed by atoms with E-state index in [1.165, 1.54) is 11.8 Å². The molecule has 1 aromatic rings. The fraction of sp³-hybridized carbons (Fsp3) is 0.545. The van der Waals surface area contributed by atoms with Crippen LogP contribution in [0.4, 0.5) is 5.82 Å². The number of nitriles is 1. The molecule has 0 bridgehead atoms. The van der Waals surface area contributed by atoms with E-state index in [-0.39, 0.29) is 23.1 Å². The van der Waals surface area contributed by atoms with E-state index in [1.54, 1.807) is 16.4 Å². The van der Waals surface area contributed by atoms with Crippen LogP contribution in [0.15, 0.2) is 9.70 Å². The quantitative estimate of drug-likeness (QED) is 0.507. The van der Waals surface area contributed by atoms with Crippen LogP contribution in [0.25, 0.3) is 6.08 Å². The van der Waals surface area contributed by atoms with Gasteiger partial charge in [-0.1, -0.05) is 36.8 Å². The van der Waals surface area contributed by atoms with Crippen LogP contribution in [0.2, 0.25) is 0 Å². The van der Waals surface area contributed by atoms with Crippen LogP contribution in [-0.2, 0) is 16.1 Å². The van der Waals surface area contributed by atoms with Crippen LogP contribution in [0.1, 0.15) is 49.3 Å². The highest BCUT2D eigenvalue weighted by Crippen LogP contribution is 2.39. The lowest BCUT2D eigenvalue weighted by Gasteiger charge is -2.33. The summed E-state index contributed by atoms with van der Waals surface area (Å²) in [6.45, 7) is 6.55. The van der Waals surface area contributed by atoms with Gasteiger partial charge in [-0.15, -0.1) is 0 Å². The predicted molar refractivity (Wildman–Crippen MR) is 126 cm³/mol. The van der Waals surface area contributed by atoms with Gasteiger partial charge in [-0.25, -0.2) is 0 Å². The van der Waals surface area contributed by atoms with Crippen molar-refractivity contribution in [1.82, 2.24) is 9.47 Å². The third kappa shape index (κ3) is 3.93. The second kappa shape index (κ2) is 9.15. The second-order valence-electron chi connectivity index (χ2n) is 7.99. The van der Waals surface area contributed by atoms with Crippen molar-refractivity contribution >= 4 is 46.1 Å². The van der Waals surface area contributed by atoms with Crippen molar-refractivity contribution < 1.29 is 9.53 Å². The Bertz CT molecular complexity index is 1040. The summed E-state index contributed by atoms with van der Waals surface area (Å²) in [5, 5.41) is 9.67. The smallest absolute Gasteiger partial charge is 0.270 e. The Labute approximate surface area is 191 Å². The Balaban J connectivity index is 1.85. The summed E-state index contributed by atoms with van der Waals surface area (Å²) in [4.78, 5) is 30.7. The van der Waals surface area contributed by atoms with Gasteiger partial charge in [0.15, 0.2) is 0 Å². The SMILES string of the molecule is CCn1c(N2CCOCC2)c(/C=C2\SC(=S)N(C3CCCC3)C2=O)c(C)c(C#N)c1=O. The molecule has 7 nitrogen and oxygen atoms in total. The number of thioether (sulfide) groups is 1. The van der Waals surface area contributed by atoms with Gasteiger partial charge >= 0.3 is 0 Å². The molecule has 0 N–H and O–H groups in total. The van der Waals surface area contributed by atoms with Crippen molar-refractivity contribution in [2.75, 3.05) is 31.2 Å². The third-order valence-electron chi connectivity index (χ3n) is 6.26. The lowest BCUT2D eigenvalue weighted by atomic mass is 10.0. The number of rotatable bonds is 4. The summed E-state index contributed by atoms with van der Waals surface area (Å²) in [7, 11) is 0. The van der Waals surface area contributed by atoms with Gasteiger partial charge in [0.25, 0.3) is 11.5 Å². The van der Waals surface area contributed by atoms with E-state index in [2.05, 4.69) is 11.0 Å². The summed E-state index contributed by atoms with van der Waals surface area (Å²) >= 11 is 6.86. The molecule has 1 saturated carbocycles. The van der Waals surface area contributed by atoms with Crippen molar-refractivity contribution in [3.63, 3.8) is 0 Å². The molecule has 1 amide bonds. The van der Waals surface area contributed by atoms with E-state index < -0.39 is 0 Å². The Morgan fingerprint density at radius 1 is 1.26 bits per heavy atom. The number of anilines is 1. The lowest BCUT2D eigenvalue weighted by molar-refractivity contribution is -0.123. The summed E-state index contributed by atoms with van der Waals surface area (Å²) in [6, 6.07) is 2.25. The van der Waals surface area contributed by atoms with Gasteiger partial charge in [0.1, 0.15) is 21.8 Å². The van der Waals surface area contributed by atoms with Gasteiger partial charge in [-0.2, -0.15) is 5.26 Å². The number of carbonyl (C=O) groups is 1. The van der Waals surface area contributed by atoms with Gasteiger partial charge < -0.3 is 9.64 Å². The number of pyridine rings is 1. The molecule has 9 heteroatoms. The van der Waals surface area contributed by atoms with Gasteiger partial charge in [-0.3, -0.25) is 19.1 Å². The molecule has 0 atom stereocenters. The fourth-order valence-electron chi connectivity index (χ4n) is 4.64. The standard InChI is InChI=1S/C22H26N4O3S2/c1-3-25-19(24-8-10-29-11-9-24)16(14(2)17(13-23)20(25)27)12-18-21(28)26(22(30)31-18)15-6-4-5-7-15/h12,15H,3-11H2,1-2H3/b18-12-. The fourth-order valence-corrected chi connectivity index (χ4v) is 6.02. The van der Waals surface area contributed by atoms with E-state index in [1.807, 2.05) is 13.0 Å². The summed E-state index contributed by atoms with van der Waals surface area (Å²) in [5.41, 5.74) is 1.17. The zero-order valence-electron chi connectivity index (χ0n) is 17.8. The zero-order chi connectivity index (χ0) is 22.1. The number of nitrogens with zero attached hydrogens (tertiary/aromatic N) is 4. The van der Waals surface area contributed by atoms with E-state index in [4.69, 9.17) is 17.0 Å². The number of morpholine rings is 1. The number of amides is 1. The molecule has 1 aliphatic carbocycles. The molecule has 0 unspecified atom stereocenters. The van der Waals surface area contributed by atoms with Crippen LogP contribution in [0.5, 0.6) is 0 Å². The number of aromatic nitrogens is 1. The maximum Gasteiger partial charge on any atom is 0.270 e. The van der Waals surface area contributed by atoms with Crippen molar-refractivity contribution in [2.24, 2.45) is 0 Å². The molecule has 4 rings (SSSR count). The predicted octanol–water partition coefficient (Wildman–Crippen LogP) is 3.03. The first kappa shape index (κ1) is 22.1. The van der Waals surface area contributed by atoms with Gasteiger partial charge in [0.05, 0.1) is 18.1 Å². The van der Waals surface area contributed by atoms with Crippen molar-refractivity contribution in [1.29, 1.82) is 5.26 Å². The van der Waals surface area contributed by atoms with Crippen molar-refractivity contribution in [2.45, 2.75) is 52.1 Å². The van der Waals surface area contributed by atoms with Crippen LogP contribution >= 0.6 is 24.0 Å². The maximum atomic E-state index is 13.3. The molecule has 0 radical (unpaired) electrons. The van der Waals surface area contributed by atoms with E-state index in [0.29, 0.717) is 47.6 Å². The Morgan fingerprint density at radius 3 is 2.55 bits per heavy atom. The Morgan fingerprint density at radius 2 is 1.94 bits per heavy atom. The normalized spacial score (nSPS) is 21.4. The molecule has 3 aliphatic rings. The first-order chi connectivity index (χ1) is 15.0. The molecule has 164 valence electrons. The molecule has 0 spiro atoms. The van der Waals surface area contributed by atoms with E-state index in [9.17, 15) is 14.9 Å². The molecule has 2 aliphatic heterocycles. The monoisotopic (exact) mass is 458 g/mol. The van der Waals surface area contributed by atoms with Gasteiger partial charge in [0.2, 0.25) is 0 Å². The molecule has 1 aromatic heterocycles. The summed E-state index contributed by atoms with van der Waals surface area (Å²) in [6.07, 6.45) is 6.04. The first-order valence-corrected chi connectivity index (χ1v) is 12.0. The first-order valence-electron chi connectivity index (χ1n) is 10.7. The zero-order valence-corrected chi connectivity index (χ0v) is 19.5. The van der Waals surface area contributed by atoms with Crippen molar-refractivity contribution in [3.05, 3.63) is 31.9 Å². The number of carbonyl (C=O) groups excluding carboxylic acids is 1. The minimum Gasteiger partial charge on any atom is -0.378 e. The number of hydrogen-bond donors (Lipinski definition) is 0. The lowest BCUT2D eigenvalue weighted by Crippen LogP contribution is -2.41. The minimum absolute atomic E-state index is 0.0676. The largest absolute Gasteiger partial charge is 0.378 e. The number of thiocarbonyl (C=S) groups is 1. The Kier molecular flexibility index (Phi) is 6.51. The second-order valence-corrected chi connectivity index (χ2v) is 9.66. The van der Waals surface area contributed by atoms with Crippen LogP contribution in [0.3, 0.4) is 0 Å². The summed E-state index contributed by atoms with van der Waals surface area (Å²) < 4.78 is 7.73. The number of hydrogen-bond acceptors (Lipinski definition) is 7. The minimum atomic E-state index is -0.292. The third-order valence-corrected chi connectivity index (χ3v) is 7.59. The summed E-state index contributed by atoms with van der Waals surface area (Å²) in [5.74, 6) is 0.681. The maximum absolute atomic E-state index is 13.3. The highest BCUT2D eigenvalue weighted by atomic mass is 32.2. The molecule has 0 aromatic carbocycles. The molecular formula is C22H26N4O3S2. The number of ether oxygens (including phenoxy) is 1. The van der Waals surface area contributed by atoms with Gasteiger partial charge in [-0.05, 0) is 38.3 Å². The topological polar surface area (TPSA) is 78.6 Å². The van der Waals surface area contributed by atoms with Gasteiger partial charge in [0, 0.05) is 31.2 Å².